The number of hydrogen-bond donors (Lipinski definition) is 1. The summed E-state index contributed by atoms with van der Waals surface area (Å²) in [6.07, 6.45) is 4.24. The molecule has 0 bridgehead atoms. The highest BCUT2D eigenvalue weighted by molar-refractivity contribution is 7.90. The molecule has 0 spiro atoms. The van der Waals surface area contributed by atoms with Gasteiger partial charge in [0.1, 0.15) is 23.6 Å². The molecule has 114 valence electrons. The summed E-state index contributed by atoms with van der Waals surface area (Å²) in [7, 11) is -1.60. The largest absolute Gasteiger partial charge is 0.337 e. The van der Waals surface area contributed by atoms with Crippen LogP contribution in [0.1, 0.15) is 0 Å². The van der Waals surface area contributed by atoms with E-state index in [1.807, 2.05) is 23.9 Å². The molecule has 8 heteroatoms. The van der Waals surface area contributed by atoms with Crippen LogP contribution in [0.5, 0.6) is 0 Å². The lowest BCUT2D eigenvalue weighted by Crippen LogP contribution is -2.01. The third-order valence-corrected chi connectivity index (χ3v) is 4.39. The van der Waals surface area contributed by atoms with Gasteiger partial charge in [-0.05, 0) is 24.3 Å². The van der Waals surface area contributed by atoms with Gasteiger partial charge >= 0.3 is 0 Å². The van der Waals surface area contributed by atoms with Crippen molar-refractivity contribution in [3.8, 4) is 0 Å². The van der Waals surface area contributed by atoms with Crippen molar-refractivity contribution in [3.05, 3.63) is 42.6 Å². The van der Waals surface area contributed by atoms with Crippen LogP contribution in [0.2, 0.25) is 0 Å². The summed E-state index contributed by atoms with van der Waals surface area (Å²) in [6, 6.07) is 5.54. The molecular formula is C14H13FN4O2S. The zero-order chi connectivity index (χ0) is 15.9. The molecule has 0 aliphatic carbocycles. The van der Waals surface area contributed by atoms with Crippen molar-refractivity contribution in [2.75, 3.05) is 11.6 Å². The van der Waals surface area contributed by atoms with E-state index >= 15 is 0 Å². The first kappa shape index (κ1) is 14.5. The minimum atomic E-state index is -3.44. The summed E-state index contributed by atoms with van der Waals surface area (Å²) in [4.78, 5) is 8.19. The van der Waals surface area contributed by atoms with E-state index in [9.17, 15) is 12.8 Å². The Morgan fingerprint density at radius 1 is 1.23 bits per heavy atom. The molecule has 0 atom stereocenters. The zero-order valence-corrected chi connectivity index (χ0v) is 12.7. The third-order valence-electron chi connectivity index (χ3n) is 3.28. The Hall–Kier alpha value is -2.48. The first-order chi connectivity index (χ1) is 10.4. The smallest absolute Gasteiger partial charge is 0.175 e. The van der Waals surface area contributed by atoms with Gasteiger partial charge in [0.05, 0.1) is 16.0 Å². The summed E-state index contributed by atoms with van der Waals surface area (Å²) in [5.74, 6) is -0.206. The molecule has 0 amide bonds. The fourth-order valence-electron chi connectivity index (χ4n) is 2.13. The fraction of sp³-hybridized carbons (Fsp3) is 0.143. The zero-order valence-electron chi connectivity index (χ0n) is 11.9. The Morgan fingerprint density at radius 3 is 2.68 bits per heavy atom. The highest BCUT2D eigenvalue weighted by Gasteiger charge is 2.13. The number of nitrogens with one attached hydrogen (secondary N) is 1. The van der Waals surface area contributed by atoms with E-state index in [2.05, 4.69) is 15.3 Å². The first-order valence-electron chi connectivity index (χ1n) is 6.39. The molecule has 2 aromatic heterocycles. The molecular weight excluding hydrogens is 307 g/mol. The van der Waals surface area contributed by atoms with Crippen LogP contribution in [-0.4, -0.2) is 29.2 Å². The molecule has 0 aliphatic rings. The van der Waals surface area contributed by atoms with Crippen LogP contribution in [0.15, 0.2) is 41.7 Å². The van der Waals surface area contributed by atoms with E-state index < -0.39 is 15.7 Å². The molecule has 0 unspecified atom stereocenters. The van der Waals surface area contributed by atoms with Gasteiger partial charge in [0, 0.05) is 19.5 Å². The summed E-state index contributed by atoms with van der Waals surface area (Å²) in [6.45, 7) is 0. The predicted octanol–water partition coefficient (Wildman–Crippen LogP) is 2.25. The lowest BCUT2D eigenvalue weighted by atomic mass is 10.3. The lowest BCUT2D eigenvalue weighted by Gasteiger charge is -2.09. The highest BCUT2D eigenvalue weighted by atomic mass is 32.2. The predicted molar refractivity (Wildman–Crippen MR) is 81.3 cm³/mol. The summed E-state index contributed by atoms with van der Waals surface area (Å²) in [5.41, 5.74) is 0.863. The number of benzene rings is 1. The molecule has 0 fully saturated rings. The molecule has 1 aromatic carbocycles. The van der Waals surface area contributed by atoms with Gasteiger partial charge in [-0.1, -0.05) is 0 Å². The van der Waals surface area contributed by atoms with Crippen LogP contribution in [0.3, 0.4) is 0 Å². The van der Waals surface area contributed by atoms with Gasteiger partial charge in [-0.15, -0.1) is 0 Å². The molecule has 0 radical (unpaired) electrons. The highest BCUT2D eigenvalue weighted by Crippen LogP contribution is 2.26. The Kier molecular flexibility index (Phi) is 3.32. The van der Waals surface area contributed by atoms with Crippen LogP contribution >= 0.6 is 0 Å². The SMILES string of the molecule is Cn1ccc2c(Nc3ccc(S(C)(=O)=O)cc3F)ncnc21. The minimum absolute atomic E-state index is 0.0666. The van der Waals surface area contributed by atoms with E-state index in [0.717, 1.165) is 17.7 Å². The molecule has 3 aromatic rings. The standard InChI is InChI=1S/C14H13FN4O2S/c1-19-6-5-10-13(16-8-17-14(10)19)18-12-4-3-9(7-11(12)15)22(2,20)21/h3-8H,1-2H3,(H,16,17,18). The van der Waals surface area contributed by atoms with Crippen molar-refractivity contribution >= 4 is 32.4 Å². The second kappa shape index (κ2) is 5.06. The Balaban J connectivity index is 2.02. The molecule has 6 nitrogen and oxygen atoms in total. The maximum Gasteiger partial charge on any atom is 0.175 e. The molecule has 2 heterocycles. The molecule has 22 heavy (non-hydrogen) atoms. The van der Waals surface area contributed by atoms with E-state index in [1.54, 1.807) is 0 Å². The Bertz CT molecular complexity index is 966. The average molecular weight is 320 g/mol. The number of aromatic nitrogens is 3. The van der Waals surface area contributed by atoms with Gasteiger partial charge in [0.2, 0.25) is 0 Å². The minimum Gasteiger partial charge on any atom is -0.337 e. The van der Waals surface area contributed by atoms with Crippen molar-refractivity contribution in [1.82, 2.24) is 14.5 Å². The average Bonchev–Trinajstić information content (AvgIpc) is 2.83. The monoisotopic (exact) mass is 320 g/mol. The third kappa shape index (κ3) is 2.52. The van der Waals surface area contributed by atoms with Crippen molar-refractivity contribution in [2.24, 2.45) is 7.05 Å². The molecule has 0 saturated heterocycles. The topological polar surface area (TPSA) is 76.9 Å². The number of halogens is 1. The lowest BCUT2D eigenvalue weighted by molar-refractivity contribution is 0.596. The van der Waals surface area contributed by atoms with Gasteiger partial charge in [-0.3, -0.25) is 0 Å². The van der Waals surface area contributed by atoms with E-state index in [4.69, 9.17) is 0 Å². The van der Waals surface area contributed by atoms with E-state index in [0.29, 0.717) is 11.5 Å². The molecule has 1 N–H and O–H groups in total. The summed E-state index contributed by atoms with van der Waals surface area (Å²) >= 11 is 0. The van der Waals surface area contributed by atoms with Crippen molar-refractivity contribution in [2.45, 2.75) is 4.90 Å². The number of rotatable bonds is 3. The van der Waals surface area contributed by atoms with Crippen LogP contribution in [-0.2, 0) is 16.9 Å². The van der Waals surface area contributed by atoms with Crippen LogP contribution in [0, 0.1) is 5.82 Å². The first-order valence-corrected chi connectivity index (χ1v) is 8.28. The second-order valence-corrected chi connectivity index (χ2v) is 6.94. The van der Waals surface area contributed by atoms with E-state index in [1.165, 1.54) is 18.5 Å². The number of anilines is 2. The quantitative estimate of drug-likeness (QED) is 0.801. The Labute approximate surface area is 126 Å². The normalized spacial score (nSPS) is 11.8. The van der Waals surface area contributed by atoms with Gasteiger partial charge in [-0.25, -0.2) is 22.8 Å². The van der Waals surface area contributed by atoms with Crippen molar-refractivity contribution in [1.29, 1.82) is 0 Å². The van der Waals surface area contributed by atoms with Crippen LogP contribution in [0.25, 0.3) is 11.0 Å². The number of hydrogen-bond acceptors (Lipinski definition) is 5. The fourth-order valence-corrected chi connectivity index (χ4v) is 2.77. The van der Waals surface area contributed by atoms with Gasteiger partial charge < -0.3 is 9.88 Å². The van der Waals surface area contributed by atoms with E-state index in [-0.39, 0.29) is 10.6 Å². The molecule has 3 rings (SSSR count). The van der Waals surface area contributed by atoms with Gasteiger partial charge in [-0.2, -0.15) is 0 Å². The second-order valence-electron chi connectivity index (χ2n) is 4.93. The van der Waals surface area contributed by atoms with Crippen molar-refractivity contribution in [3.63, 3.8) is 0 Å². The maximum atomic E-state index is 14.1. The van der Waals surface area contributed by atoms with Gasteiger partial charge in [0.25, 0.3) is 0 Å². The van der Waals surface area contributed by atoms with Crippen LogP contribution in [0.4, 0.5) is 15.9 Å². The van der Waals surface area contributed by atoms with Crippen LogP contribution < -0.4 is 5.32 Å². The number of fused-ring (bicyclic) bond motifs is 1. The van der Waals surface area contributed by atoms with Gasteiger partial charge in [0.15, 0.2) is 9.84 Å². The Morgan fingerprint density at radius 2 is 2.00 bits per heavy atom. The summed E-state index contributed by atoms with van der Waals surface area (Å²) in [5, 5.41) is 3.62. The van der Waals surface area contributed by atoms with Crippen molar-refractivity contribution < 1.29 is 12.8 Å². The number of nitrogens with zero attached hydrogens (tertiary/aromatic N) is 3. The number of aryl methyl sites for hydroxylation is 1. The molecule has 0 saturated carbocycles. The summed E-state index contributed by atoms with van der Waals surface area (Å²) < 4.78 is 38.8. The maximum absolute atomic E-state index is 14.1. The number of sulfone groups is 1. The molecule has 0 aliphatic heterocycles.